The Morgan fingerprint density at radius 3 is 2.62 bits per heavy atom. The minimum absolute atomic E-state index is 0.143. The zero-order chi connectivity index (χ0) is 21.2. The first-order chi connectivity index (χ1) is 13.7. The fourth-order valence-electron chi connectivity index (χ4n) is 3.15. The number of alkyl halides is 2. The summed E-state index contributed by atoms with van der Waals surface area (Å²) in [7, 11) is 1.54. The number of rotatable bonds is 10. The Labute approximate surface area is 169 Å². The summed E-state index contributed by atoms with van der Waals surface area (Å²) in [4.78, 5) is 20.5. The molecule has 1 saturated heterocycles. The molecule has 0 unspecified atom stereocenters. The summed E-state index contributed by atoms with van der Waals surface area (Å²) in [5.74, 6) is -2.44. The number of amides is 1. The van der Waals surface area contributed by atoms with Gasteiger partial charge in [0, 0.05) is 13.7 Å². The molecule has 2 fully saturated rings. The minimum atomic E-state index is -2.72. The molecule has 162 valence electrons. The molecule has 2 aliphatic rings. The van der Waals surface area contributed by atoms with Gasteiger partial charge in [-0.25, -0.2) is 13.8 Å². The minimum Gasteiger partial charge on any atom is -0.476 e. The quantitative estimate of drug-likeness (QED) is 0.634. The number of carbonyl (C=O) groups is 1. The van der Waals surface area contributed by atoms with Crippen LogP contribution in [0.3, 0.4) is 0 Å². The van der Waals surface area contributed by atoms with E-state index in [4.69, 9.17) is 9.47 Å². The summed E-state index contributed by atoms with van der Waals surface area (Å²) in [5, 5.41) is 9.71. The predicted molar refractivity (Wildman–Crippen MR) is 104 cm³/mol. The van der Waals surface area contributed by atoms with E-state index in [9.17, 15) is 18.7 Å². The molecule has 0 bridgehead atoms. The smallest absolute Gasteiger partial charge is 0.282 e. The van der Waals surface area contributed by atoms with E-state index < -0.39 is 11.5 Å². The number of carbonyl (C=O) groups excluding carboxylic acids is 1. The third kappa shape index (κ3) is 5.14. The maximum atomic E-state index is 13.3. The van der Waals surface area contributed by atoms with Gasteiger partial charge in [0.05, 0.1) is 38.4 Å². The van der Waals surface area contributed by atoms with Crippen LogP contribution in [-0.4, -0.2) is 78.9 Å². The standard InChI is InChI=1S/C20H29F2N3O4/c1-19(2,13-26)25(8-9-28-3)18(27)15-6-7-16(24-11-20(21,22)12-24)17(23-15)29-10-14-4-5-14/h6-7,14,26H,4-5,8-13H2,1-3H3. The first-order valence-electron chi connectivity index (χ1n) is 9.85. The van der Waals surface area contributed by atoms with Gasteiger partial charge in [-0.3, -0.25) is 4.79 Å². The second kappa shape index (κ2) is 8.39. The lowest BCUT2D eigenvalue weighted by molar-refractivity contribution is -0.0265. The molecule has 0 atom stereocenters. The highest BCUT2D eigenvalue weighted by Crippen LogP contribution is 2.38. The lowest BCUT2D eigenvalue weighted by Gasteiger charge is -2.41. The molecule has 9 heteroatoms. The second-order valence-electron chi connectivity index (χ2n) is 8.41. The Morgan fingerprint density at radius 2 is 2.07 bits per heavy atom. The Kier molecular flexibility index (Phi) is 6.28. The predicted octanol–water partition coefficient (Wildman–Crippen LogP) is 2.19. The monoisotopic (exact) mass is 413 g/mol. The zero-order valence-corrected chi connectivity index (χ0v) is 17.2. The summed E-state index contributed by atoms with van der Waals surface area (Å²) in [5.41, 5.74) is -0.202. The zero-order valence-electron chi connectivity index (χ0n) is 17.2. The van der Waals surface area contributed by atoms with Crippen molar-refractivity contribution in [3.8, 4) is 5.88 Å². The van der Waals surface area contributed by atoms with E-state index in [2.05, 4.69) is 4.98 Å². The Balaban J connectivity index is 1.85. The van der Waals surface area contributed by atoms with Crippen molar-refractivity contribution in [2.24, 2.45) is 5.92 Å². The van der Waals surface area contributed by atoms with E-state index in [1.165, 1.54) is 23.0 Å². The van der Waals surface area contributed by atoms with Crippen LogP contribution in [0.4, 0.5) is 14.5 Å². The molecule has 0 aromatic carbocycles. The van der Waals surface area contributed by atoms with Gasteiger partial charge in [0.25, 0.3) is 11.8 Å². The average molecular weight is 413 g/mol. The topological polar surface area (TPSA) is 75.1 Å². The Bertz CT molecular complexity index is 732. The van der Waals surface area contributed by atoms with Gasteiger partial charge in [-0.2, -0.15) is 0 Å². The molecular formula is C20H29F2N3O4. The average Bonchev–Trinajstić information content (AvgIpc) is 3.48. The van der Waals surface area contributed by atoms with Crippen LogP contribution in [-0.2, 0) is 4.74 Å². The van der Waals surface area contributed by atoms with Crippen LogP contribution in [0.15, 0.2) is 12.1 Å². The van der Waals surface area contributed by atoms with Crippen molar-refractivity contribution < 1.29 is 28.2 Å². The van der Waals surface area contributed by atoms with Gasteiger partial charge < -0.3 is 24.4 Å². The van der Waals surface area contributed by atoms with E-state index in [0.29, 0.717) is 24.8 Å². The van der Waals surface area contributed by atoms with Gasteiger partial charge in [-0.1, -0.05) is 0 Å². The van der Waals surface area contributed by atoms with Crippen molar-refractivity contribution in [3.63, 3.8) is 0 Å². The van der Waals surface area contributed by atoms with Crippen LogP contribution in [0, 0.1) is 5.92 Å². The van der Waals surface area contributed by atoms with E-state index in [0.717, 1.165) is 12.8 Å². The summed E-state index contributed by atoms with van der Waals surface area (Å²) in [6.07, 6.45) is 2.15. The number of hydrogen-bond donors (Lipinski definition) is 1. The van der Waals surface area contributed by atoms with Crippen LogP contribution in [0.5, 0.6) is 5.88 Å². The molecular weight excluding hydrogens is 384 g/mol. The number of aliphatic hydroxyl groups is 1. The van der Waals surface area contributed by atoms with Gasteiger partial charge in [-0.05, 0) is 44.7 Å². The first-order valence-corrected chi connectivity index (χ1v) is 9.85. The molecule has 0 spiro atoms. The van der Waals surface area contributed by atoms with Crippen LogP contribution < -0.4 is 9.64 Å². The molecule has 7 nitrogen and oxygen atoms in total. The molecule has 1 saturated carbocycles. The molecule has 0 radical (unpaired) electrons. The van der Waals surface area contributed by atoms with Gasteiger partial charge in [0.1, 0.15) is 11.4 Å². The maximum absolute atomic E-state index is 13.3. The first kappa shape index (κ1) is 21.7. The molecule has 1 aliphatic carbocycles. The number of halogens is 2. The van der Waals surface area contributed by atoms with Crippen LogP contribution in [0.25, 0.3) is 0 Å². The number of pyridine rings is 1. The third-order valence-electron chi connectivity index (χ3n) is 5.28. The molecule has 2 heterocycles. The van der Waals surface area contributed by atoms with Gasteiger partial charge >= 0.3 is 0 Å². The number of hydrogen-bond acceptors (Lipinski definition) is 6. The van der Waals surface area contributed by atoms with E-state index in [1.54, 1.807) is 19.9 Å². The Hall–Kier alpha value is -2.00. The number of methoxy groups -OCH3 is 1. The van der Waals surface area contributed by atoms with Crippen LogP contribution >= 0.6 is 0 Å². The number of anilines is 1. The van der Waals surface area contributed by atoms with E-state index in [1.807, 2.05) is 0 Å². The van der Waals surface area contributed by atoms with Crippen molar-refractivity contribution in [2.45, 2.75) is 38.2 Å². The van der Waals surface area contributed by atoms with Crippen molar-refractivity contribution in [3.05, 3.63) is 17.8 Å². The van der Waals surface area contributed by atoms with Crippen LogP contribution in [0.1, 0.15) is 37.2 Å². The fourth-order valence-corrected chi connectivity index (χ4v) is 3.15. The summed E-state index contributed by atoms with van der Waals surface area (Å²) in [6, 6.07) is 3.13. The Morgan fingerprint density at radius 1 is 1.38 bits per heavy atom. The molecule has 1 aromatic rings. The second-order valence-corrected chi connectivity index (χ2v) is 8.41. The summed E-state index contributed by atoms with van der Waals surface area (Å²) < 4.78 is 37.6. The lowest BCUT2D eigenvalue weighted by atomic mass is 10.0. The summed E-state index contributed by atoms with van der Waals surface area (Å²) in [6.45, 7) is 3.54. The van der Waals surface area contributed by atoms with Crippen molar-refractivity contribution in [1.82, 2.24) is 9.88 Å². The van der Waals surface area contributed by atoms with E-state index >= 15 is 0 Å². The van der Waals surface area contributed by atoms with Gasteiger partial charge in [0.15, 0.2) is 0 Å². The number of nitrogens with zero attached hydrogens (tertiary/aromatic N) is 3. The molecule has 1 N–H and O–H groups in total. The highest BCUT2D eigenvalue weighted by Gasteiger charge is 2.45. The van der Waals surface area contributed by atoms with E-state index in [-0.39, 0.29) is 43.7 Å². The lowest BCUT2D eigenvalue weighted by Crippen LogP contribution is -2.56. The highest BCUT2D eigenvalue weighted by molar-refractivity contribution is 5.93. The van der Waals surface area contributed by atoms with Crippen molar-refractivity contribution in [2.75, 3.05) is 51.5 Å². The number of ether oxygens (including phenoxy) is 2. The summed E-state index contributed by atoms with van der Waals surface area (Å²) >= 11 is 0. The van der Waals surface area contributed by atoms with Crippen molar-refractivity contribution >= 4 is 11.6 Å². The third-order valence-corrected chi connectivity index (χ3v) is 5.28. The normalized spacial score (nSPS) is 18.3. The van der Waals surface area contributed by atoms with Gasteiger partial charge in [-0.15, -0.1) is 0 Å². The van der Waals surface area contributed by atoms with Crippen LogP contribution in [0.2, 0.25) is 0 Å². The highest BCUT2D eigenvalue weighted by atomic mass is 19.3. The molecule has 3 rings (SSSR count). The number of aromatic nitrogens is 1. The molecule has 1 amide bonds. The maximum Gasteiger partial charge on any atom is 0.282 e. The molecule has 1 aromatic heterocycles. The van der Waals surface area contributed by atoms with Crippen molar-refractivity contribution in [1.29, 1.82) is 0 Å². The fraction of sp³-hybridized carbons (Fsp3) is 0.700. The molecule has 29 heavy (non-hydrogen) atoms. The molecule has 1 aliphatic heterocycles. The largest absolute Gasteiger partial charge is 0.476 e. The number of aliphatic hydroxyl groups excluding tert-OH is 1. The SMILES string of the molecule is COCCN(C(=O)c1ccc(N2CC(F)(F)C2)c(OCC2CC2)n1)C(C)(C)CO. The van der Waals surface area contributed by atoms with Gasteiger partial charge in [0.2, 0.25) is 5.88 Å².